The molecule has 0 N–H and O–H groups in total. The first kappa shape index (κ1) is 12.7. The maximum absolute atomic E-state index is 13.2. The second-order valence-corrected chi connectivity index (χ2v) is 3.41. The molecule has 0 aliphatic carbocycles. The van der Waals surface area contributed by atoms with Crippen molar-refractivity contribution in [1.29, 1.82) is 0 Å². The van der Waals surface area contributed by atoms with Crippen LogP contribution in [-0.2, 0) is 25.8 Å². The summed E-state index contributed by atoms with van der Waals surface area (Å²) in [6.07, 6.45) is 0.147. The number of nitrogens with zero attached hydrogens (tertiary/aromatic N) is 2. The van der Waals surface area contributed by atoms with Gasteiger partial charge in [0.2, 0.25) is 0 Å². The maximum atomic E-state index is 13.2. The predicted molar refractivity (Wildman–Crippen MR) is 43.9 cm³/mol. The molecule has 1 radical (unpaired) electrons. The normalized spacial score (nSPS) is 31.8. The molecule has 0 bridgehead atoms. The van der Waals surface area contributed by atoms with E-state index in [0.29, 0.717) is 6.54 Å². The number of alkyl halides is 1. The molecule has 0 aromatic heterocycles. The van der Waals surface area contributed by atoms with Gasteiger partial charge in [-0.15, -0.1) is 0 Å². The summed E-state index contributed by atoms with van der Waals surface area (Å²) in [7, 11) is 7.57. The summed E-state index contributed by atoms with van der Waals surface area (Å²) in [6, 6.07) is 0.0907. The van der Waals surface area contributed by atoms with E-state index in [1.165, 1.54) is 0 Å². The van der Waals surface area contributed by atoms with Crippen molar-refractivity contribution in [2.45, 2.75) is 18.6 Å². The average molecular weight is 204 g/mol. The van der Waals surface area contributed by atoms with Gasteiger partial charge >= 0.3 is 0 Å². The van der Waals surface area contributed by atoms with E-state index in [9.17, 15) is 4.39 Å². The van der Waals surface area contributed by atoms with E-state index in [1.54, 1.807) is 4.90 Å². The number of hydrogen-bond donors (Lipinski definition) is 0. The smallest absolute Gasteiger partial charge is 0.126 e. The average Bonchev–Trinajstić information content (AvgIpc) is 1.85. The third-order valence-electron chi connectivity index (χ3n) is 2.25. The van der Waals surface area contributed by atoms with Gasteiger partial charge < -0.3 is 9.80 Å². The minimum Gasteiger partial charge on any atom is -0.457 e. The zero-order valence-electron chi connectivity index (χ0n) is 7.83. The number of piperidine rings is 1. The van der Waals surface area contributed by atoms with Crippen LogP contribution in [0.1, 0.15) is 6.42 Å². The molecule has 0 aromatic carbocycles. The van der Waals surface area contributed by atoms with Crippen molar-refractivity contribution in [3.8, 4) is 0 Å². The molecule has 1 saturated heterocycles. The molecule has 1 rings (SSSR count). The Morgan fingerprint density at radius 2 is 2.08 bits per heavy atom. The van der Waals surface area contributed by atoms with Crippen LogP contribution in [0.25, 0.3) is 0 Å². The van der Waals surface area contributed by atoms with Gasteiger partial charge in [-0.1, -0.05) is 0 Å². The monoisotopic (exact) mass is 204 g/mol. The molecular formula is C8H16FN2Sc-. The van der Waals surface area contributed by atoms with Gasteiger partial charge in [-0.3, -0.25) is 7.05 Å². The van der Waals surface area contributed by atoms with Crippen LogP contribution in [0.3, 0.4) is 0 Å². The fraction of sp³-hybridized carbons (Fsp3) is 0.875. The molecule has 0 aromatic rings. The second kappa shape index (κ2) is 5.45. The summed E-state index contributed by atoms with van der Waals surface area (Å²) in [4.78, 5) is 3.75. The third-order valence-corrected chi connectivity index (χ3v) is 2.25. The van der Waals surface area contributed by atoms with Crippen LogP contribution >= 0.6 is 0 Å². The fourth-order valence-electron chi connectivity index (χ4n) is 1.54. The molecule has 4 heteroatoms. The Morgan fingerprint density at radius 1 is 1.50 bits per heavy atom. The Balaban J connectivity index is 0.00000121. The van der Waals surface area contributed by atoms with E-state index in [4.69, 9.17) is 0 Å². The van der Waals surface area contributed by atoms with Crippen molar-refractivity contribution in [2.24, 2.45) is 0 Å². The van der Waals surface area contributed by atoms with Gasteiger partial charge in [0.25, 0.3) is 0 Å². The van der Waals surface area contributed by atoms with Crippen LogP contribution in [-0.4, -0.2) is 49.2 Å². The topological polar surface area (TPSA) is 6.48 Å². The molecule has 2 nitrogen and oxygen atoms in total. The van der Waals surface area contributed by atoms with E-state index in [1.807, 2.05) is 19.0 Å². The first-order valence-electron chi connectivity index (χ1n) is 3.97. The summed E-state index contributed by atoms with van der Waals surface area (Å²) < 4.78 is 13.2. The Morgan fingerprint density at radius 3 is 2.50 bits per heavy atom. The summed E-state index contributed by atoms with van der Waals surface area (Å²) in [5.74, 6) is 0. The molecule has 0 amide bonds. The third kappa shape index (κ3) is 3.23. The first-order valence-corrected chi connectivity index (χ1v) is 3.97. The van der Waals surface area contributed by atoms with Crippen LogP contribution < -0.4 is 0 Å². The number of rotatable bonds is 1. The summed E-state index contributed by atoms with van der Waals surface area (Å²) in [6.45, 7) is 1.38. The quantitative estimate of drug-likeness (QED) is 0.581. The SMILES string of the molecule is [CH2-]N1CCC(N(C)C)C(F)C1.[Sc]. The van der Waals surface area contributed by atoms with Crippen molar-refractivity contribution in [2.75, 3.05) is 27.2 Å². The van der Waals surface area contributed by atoms with E-state index >= 15 is 0 Å². The summed E-state index contributed by atoms with van der Waals surface area (Å²) in [5, 5.41) is 0. The molecule has 1 aliphatic heterocycles. The predicted octanol–water partition coefficient (Wildman–Crippen LogP) is 0.749. The van der Waals surface area contributed by atoms with Gasteiger partial charge in [0.15, 0.2) is 0 Å². The molecule has 0 saturated carbocycles. The number of halogens is 1. The molecule has 1 heterocycles. The minimum absolute atomic E-state index is 0. The van der Waals surface area contributed by atoms with Crippen molar-refractivity contribution >= 4 is 0 Å². The molecule has 2 unspecified atom stereocenters. The molecular weight excluding hydrogens is 188 g/mol. The van der Waals surface area contributed by atoms with E-state index < -0.39 is 6.17 Å². The molecule has 2 atom stereocenters. The summed E-state index contributed by atoms with van der Waals surface area (Å²) >= 11 is 0. The molecule has 1 fully saturated rings. The first-order chi connectivity index (χ1) is 5.11. The Hall–Kier alpha value is 0.720. The Labute approximate surface area is 92.9 Å². The number of hydrogen-bond acceptors (Lipinski definition) is 2. The largest absolute Gasteiger partial charge is 0.457 e. The van der Waals surface area contributed by atoms with Crippen molar-refractivity contribution < 1.29 is 30.2 Å². The van der Waals surface area contributed by atoms with Gasteiger partial charge in [-0.25, -0.2) is 4.39 Å². The zero-order chi connectivity index (χ0) is 8.43. The summed E-state index contributed by atoms with van der Waals surface area (Å²) in [5.41, 5.74) is 0. The molecule has 0 spiro atoms. The van der Waals surface area contributed by atoms with Crippen molar-refractivity contribution in [3.63, 3.8) is 0 Å². The van der Waals surface area contributed by atoms with E-state index in [2.05, 4.69) is 7.05 Å². The van der Waals surface area contributed by atoms with Gasteiger partial charge in [-0.2, -0.15) is 0 Å². The Bertz CT molecular complexity index is 132. The number of likely N-dealkylation sites (tertiary alicyclic amines) is 1. The van der Waals surface area contributed by atoms with E-state index in [-0.39, 0.29) is 31.9 Å². The van der Waals surface area contributed by atoms with Crippen LogP contribution in [0.15, 0.2) is 0 Å². The molecule has 1 aliphatic rings. The fourth-order valence-corrected chi connectivity index (χ4v) is 1.54. The molecule has 12 heavy (non-hydrogen) atoms. The van der Waals surface area contributed by atoms with E-state index in [0.717, 1.165) is 13.0 Å². The van der Waals surface area contributed by atoms with Crippen LogP contribution in [0.5, 0.6) is 0 Å². The van der Waals surface area contributed by atoms with Crippen LogP contribution in [0, 0.1) is 7.05 Å². The zero-order valence-corrected chi connectivity index (χ0v) is 9.64. The van der Waals surface area contributed by atoms with Gasteiger partial charge in [0.1, 0.15) is 6.17 Å². The van der Waals surface area contributed by atoms with Crippen molar-refractivity contribution in [1.82, 2.24) is 9.80 Å². The Kier molecular flexibility index (Phi) is 5.78. The standard InChI is InChI=1S/C8H16FN2.Sc/c1-10(2)8-4-5-11(3)6-7(8)9;/h7-8H,3-6H2,1-2H3;/q-1;. The second-order valence-electron chi connectivity index (χ2n) is 3.41. The van der Waals surface area contributed by atoms with Crippen LogP contribution in [0.4, 0.5) is 4.39 Å². The molecule has 69 valence electrons. The minimum atomic E-state index is -0.740. The van der Waals surface area contributed by atoms with Gasteiger partial charge in [-0.05, 0) is 27.1 Å². The van der Waals surface area contributed by atoms with Crippen molar-refractivity contribution in [3.05, 3.63) is 7.05 Å². The maximum Gasteiger partial charge on any atom is 0.126 e. The van der Waals surface area contributed by atoms with Gasteiger partial charge in [0.05, 0.1) is 0 Å². The van der Waals surface area contributed by atoms with Gasteiger partial charge in [0, 0.05) is 38.4 Å². The van der Waals surface area contributed by atoms with Crippen LogP contribution in [0.2, 0.25) is 0 Å².